The first kappa shape index (κ1) is 18.7. The largest absolute Gasteiger partial charge is 0.494 e. The molecular weight excluding hydrogens is 332 g/mol. The van der Waals surface area contributed by atoms with E-state index in [1.165, 1.54) is 0 Å². The van der Waals surface area contributed by atoms with Gasteiger partial charge in [-0.25, -0.2) is 0 Å². The number of carbonyl (C=O) groups is 2. The summed E-state index contributed by atoms with van der Waals surface area (Å²) < 4.78 is 10.8. The van der Waals surface area contributed by atoms with Crippen LogP contribution in [0.3, 0.4) is 0 Å². The number of morpholine rings is 1. The molecule has 0 aliphatic carbocycles. The molecule has 1 aromatic rings. The Bertz CT molecular complexity index is 611. The second-order valence-electron chi connectivity index (χ2n) is 6.87. The van der Waals surface area contributed by atoms with E-state index in [4.69, 9.17) is 9.47 Å². The van der Waals surface area contributed by atoms with Gasteiger partial charge in [0.05, 0.1) is 32.2 Å². The number of rotatable bonds is 5. The second-order valence-corrected chi connectivity index (χ2v) is 6.87. The normalized spacial score (nSPS) is 20.7. The molecule has 0 N–H and O–H groups in total. The molecule has 3 rings (SSSR count). The maximum atomic E-state index is 12.7. The molecule has 26 heavy (non-hydrogen) atoms. The van der Waals surface area contributed by atoms with E-state index in [0.717, 1.165) is 30.7 Å². The molecular formula is C20H28N2O4. The van der Waals surface area contributed by atoms with Crippen molar-refractivity contribution in [3.63, 3.8) is 0 Å². The van der Waals surface area contributed by atoms with E-state index >= 15 is 0 Å². The average Bonchev–Trinajstić information content (AvgIpc) is 2.70. The number of hydrogen-bond donors (Lipinski definition) is 0. The first-order valence-electron chi connectivity index (χ1n) is 9.53. The summed E-state index contributed by atoms with van der Waals surface area (Å²) in [6.07, 6.45) is 2.11. The van der Waals surface area contributed by atoms with Crippen LogP contribution in [-0.2, 0) is 20.7 Å². The Hall–Kier alpha value is -2.08. The van der Waals surface area contributed by atoms with Gasteiger partial charge in [-0.1, -0.05) is 12.1 Å². The van der Waals surface area contributed by atoms with Crippen LogP contribution in [0.1, 0.15) is 25.3 Å². The number of ether oxygens (including phenoxy) is 2. The fraction of sp³-hybridized carbons (Fsp3) is 0.600. The van der Waals surface area contributed by atoms with Crippen molar-refractivity contribution in [3.05, 3.63) is 29.8 Å². The summed E-state index contributed by atoms with van der Waals surface area (Å²) in [5, 5.41) is 0. The van der Waals surface area contributed by atoms with Crippen molar-refractivity contribution in [1.29, 1.82) is 0 Å². The van der Waals surface area contributed by atoms with Gasteiger partial charge in [0.15, 0.2) is 0 Å². The van der Waals surface area contributed by atoms with Gasteiger partial charge >= 0.3 is 0 Å². The van der Waals surface area contributed by atoms with Gasteiger partial charge in [0.1, 0.15) is 5.75 Å². The third kappa shape index (κ3) is 4.75. The van der Waals surface area contributed by atoms with E-state index in [1.807, 2.05) is 41.0 Å². The summed E-state index contributed by atoms with van der Waals surface area (Å²) in [4.78, 5) is 29.1. The minimum atomic E-state index is -0.0777. The monoisotopic (exact) mass is 360 g/mol. The van der Waals surface area contributed by atoms with Gasteiger partial charge < -0.3 is 19.3 Å². The topological polar surface area (TPSA) is 59.1 Å². The lowest BCUT2D eigenvalue weighted by atomic mass is 9.95. The zero-order chi connectivity index (χ0) is 18.4. The van der Waals surface area contributed by atoms with Crippen molar-refractivity contribution in [1.82, 2.24) is 9.80 Å². The van der Waals surface area contributed by atoms with Crippen LogP contribution in [0.2, 0.25) is 0 Å². The van der Waals surface area contributed by atoms with Crippen LogP contribution in [0.4, 0.5) is 0 Å². The van der Waals surface area contributed by atoms with Gasteiger partial charge in [0.25, 0.3) is 0 Å². The summed E-state index contributed by atoms with van der Waals surface area (Å²) >= 11 is 0. The molecule has 2 fully saturated rings. The highest BCUT2D eigenvalue weighted by molar-refractivity contribution is 5.82. The van der Waals surface area contributed by atoms with Gasteiger partial charge in [-0.3, -0.25) is 9.59 Å². The Morgan fingerprint density at radius 2 is 1.85 bits per heavy atom. The average molecular weight is 360 g/mol. The van der Waals surface area contributed by atoms with Crippen molar-refractivity contribution >= 4 is 11.8 Å². The fourth-order valence-corrected chi connectivity index (χ4v) is 3.60. The maximum Gasteiger partial charge on any atom is 0.227 e. The number of nitrogens with zero attached hydrogens (tertiary/aromatic N) is 2. The first-order valence-corrected chi connectivity index (χ1v) is 9.53. The number of carbonyl (C=O) groups excluding carboxylic acids is 2. The van der Waals surface area contributed by atoms with Crippen LogP contribution in [0, 0.1) is 5.92 Å². The Morgan fingerprint density at radius 1 is 1.12 bits per heavy atom. The minimum absolute atomic E-state index is 0.0777. The molecule has 6 nitrogen and oxygen atoms in total. The molecule has 1 unspecified atom stereocenters. The molecule has 1 aromatic carbocycles. The van der Waals surface area contributed by atoms with Gasteiger partial charge in [-0.05, 0) is 37.5 Å². The predicted octanol–water partition coefficient (Wildman–Crippen LogP) is 1.73. The predicted molar refractivity (Wildman–Crippen MR) is 98.0 cm³/mol. The summed E-state index contributed by atoms with van der Waals surface area (Å²) in [6.45, 7) is 6.39. The lowest BCUT2D eigenvalue weighted by Crippen LogP contribution is -2.49. The fourth-order valence-electron chi connectivity index (χ4n) is 3.60. The Morgan fingerprint density at radius 3 is 2.54 bits per heavy atom. The molecule has 0 bridgehead atoms. The van der Waals surface area contributed by atoms with Crippen LogP contribution in [0.15, 0.2) is 24.3 Å². The van der Waals surface area contributed by atoms with E-state index in [-0.39, 0.29) is 17.7 Å². The summed E-state index contributed by atoms with van der Waals surface area (Å²) in [5.41, 5.74) is 0.972. The maximum absolute atomic E-state index is 12.7. The van der Waals surface area contributed by atoms with Crippen LogP contribution in [0.5, 0.6) is 5.75 Å². The molecule has 2 saturated heterocycles. The van der Waals surface area contributed by atoms with Gasteiger partial charge in [-0.2, -0.15) is 0 Å². The van der Waals surface area contributed by atoms with Crippen molar-refractivity contribution in [3.8, 4) is 5.75 Å². The Labute approximate surface area is 155 Å². The zero-order valence-corrected chi connectivity index (χ0v) is 15.5. The van der Waals surface area contributed by atoms with E-state index in [1.54, 1.807) is 0 Å². The van der Waals surface area contributed by atoms with E-state index < -0.39 is 0 Å². The molecule has 0 radical (unpaired) electrons. The highest BCUT2D eigenvalue weighted by atomic mass is 16.5. The minimum Gasteiger partial charge on any atom is -0.494 e. The SMILES string of the molecule is CCOc1ccc(CC(=O)N2CCCC(C(=O)N3CCOCC3)C2)cc1. The summed E-state index contributed by atoms with van der Waals surface area (Å²) in [5.74, 6) is 1.00. The molecule has 2 heterocycles. The van der Waals surface area contributed by atoms with Crippen LogP contribution in [-0.4, -0.2) is 67.6 Å². The van der Waals surface area contributed by atoms with Gasteiger partial charge in [-0.15, -0.1) is 0 Å². The van der Waals surface area contributed by atoms with Crippen molar-refractivity contribution in [2.75, 3.05) is 46.0 Å². The molecule has 142 valence electrons. The Kier molecular flexibility index (Phi) is 6.50. The second kappa shape index (κ2) is 9.03. The molecule has 1 atom stereocenters. The summed E-state index contributed by atoms with van der Waals surface area (Å²) in [6, 6.07) is 7.66. The zero-order valence-electron chi connectivity index (χ0n) is 15.5. The molecule has 6 heteroatoms. The third-order valence-electron chi connectivity index (χ3n) is 5.04. The van der Waals surface area contributed by atoms with E-state index in [0.29, 0.717) is 45.9 Å². The number of benzene rings is 1. The lowest BCUT2D eigenvalue weighted by molar-refractivity contribution is -0.143. The highest BCUT2D eigenvalue weighted by Gasteiger charge is 2.31. The van der Waals surface area contributed by atoms with Gasteiger partial charge in [0.2, 0.25) is 11.8 Å². The van der Waals surface area contributed by atoms with E-state index in [2.05, 4.69) is 0 Å². The number of hydrogen-bond acceptors (Lipinski definition) is 4. The molecule has 0 spiro atoms. The third-order valence-corrected chi connectivity index (χ3v) is 5.04. The smallest absolute Gasteiger partial charge is 0.227 e. The van der Waals surface area contributed by atoms with Crippen molar-refractivity contribution in [2.24, 2.45) is 5.92 Å². The van der Waals surface area contributed by atoms with Crippen LogP contribution < -0.4 is 4.74 Å². The van der Waals surface area contributed by atoms with Crippen molar-refractivity contribution in [2.45, 2.75) is 26.2 Å². The quantitative estimate of drug-likeness (QED) is 0.802. The molecule has 2 amide bonds. The highest BCUT2D eigenvalue weighted by Crippen LogP contribution is 2.21. The van der Waals surface area contributed by atoms with Crippen LogP contribution in [0.25, 0.3) is 0 Å². The van der Waals surface area contributed by atoms with Gasteiger partial charge in [0, 0.05) is 26.2 Å². The van der Waals surface area contributed by atoms with Crippen molar-refractivity contribution < 1.29 is 19.1 Å². The van der Waals surface area contributed by atoms with E-state index in [9.17, 15) is 9.59 Å². The molecule has 0 aromatic heterocycles. The molecule has 0 saturated carbocycles. The lowest BCUT2D eigenvalue weighted by Gasteiger charge is -2.36. The molecule has 2 aliphatic rings. The number of likely N-dealkylation sites (tertiary alicyclic amines) is 1. The standard InChI is InChI=1S/C20H28N2O4/c1-2-26-18-7-5-16(6-8-18)14-19(23)22-9-3-4-17(15-22)20(24)21-10-12-25-13-11-21/h5-8,17H,2-4,9-15H2,1H3. The number of amides is 2. The first-order chi connectivity index (χ1) is 12.7. The van der Waals surface area contributed by atoms with Crippen LogP contribution >= 0.6 is 0 Å². The summed E-state index contributed by atoms with van der Waals surface area (Å²) in [7, 11) is 0. The Balaban J connectivity index is 1.54. The number of piperidine rings is 1. The molecule has 2 aliphatic heterocycles.